The number of hydrogen-bond donors (Lipinski definition) is 1. The van der Waals surface area contributed by atoms with E-state index in [9.17, 15) is 9.59 Å². The predicted octanol–water partition coefficient (Wildman–Crippen LogP) is 0.791. The first-order valence-corrected chi connectivity index (χ1v) is 5.94. The Morgan fingerprint density at radius 1 is 1.67 bits per heavy atom. The zero-order valence-electron chi connectivity index (χ0n) is 10.5. The van der Waals surface area contributed by atoms with E-state index in [2.05, 4.69) is 10.3 Å². The number of rotatable bonds is 3. The molecule has 1 aromatic heterocycles. The molecular formula is C13H16N2O3. The molecule has 18 heavy (non-hydrogen) atoms. The highest BCUT2D eigenvalue weighted by Crippen LogP contribution is 2.35. The minimum Gasteiger partial charge on any atom is -0.464 e. The quantitative estimate of drug-likeness (QED) is 0.803. The molecular weight excluding hydrogens is 232 g/mol. The molecule has 1 amide bonds. The van der Waals surface area contributed by atoms with E-state index in [1.54, 1.807) is 25.4 Å². The second-order valence-corrected chi connectivity index (χ2v) is 4.59. The Morgan fingerprint density at radius 3 is 3.06 bits per heavy atom. The molecule has 0 bridgehead atoms. The molecule has 2 rings (SSSR count). The van der Waals surface area contributed by atoms with Gasteiger partial charge in [-0.05, 0) is 18.6 Å². The van der Waals surface area contributed by atoms with Crippen LogP contribution in [0.15, 0.2) is 24.5 Å². The van der Waals surface area contributed by atoms with Crippen LogP contribution in [0.1, 0.15) is 25.8 Å². The van der Waals surface area contributed by atoms with Crippen molar-refractivity contribution in [2.24, 2.45) is 0 Å². The van der Waals surface area contributed by atoms with Crippen LogP contribution in [0.2, 0.25) is 0 Å². The van der Waals surface area contributed by atoms with Crippen molar-refractivity contribution < 1.29 is 14.3 Å². The lowest BCUT2D eigenvalue weighted by molar-refractivity contribution is -0.147. The monoisotopic (exact) mass is 248 g/mol. The zero-order valence-corrected chi connectivity index (χ0v) is 10.5. The van der Waals surface area contributed by atoms with Crippen molar-refractivity contribution in [3.63, 3.8) is 0 Å². The number of amides is 1. The van der Waals surface area contributed by atoms with Crippen LogP contribution in [0.25, 0.3) is 0 Å². The largest absolute Gasteiger partial charge is 0.464 e. The number of pyridine rings is 1. The van der Waals surface area contributed by atoms with E-state index in [1.165, 1.54) is 0 Å². The summed E-state index contributed by atoms with van der Waals surface area (Å²) in [7, 11) is 0. The van der Waals surface area contributed by atoms with E-state index in [1.807, 2.05) is 13.0 Å². The molecule has 2 atom stereocenters. The first kappa shape index (κ1) is 12.5. The Morgan fingerprint density at radius 2 is 2.44 bits per heavy atom. The van der Waals surface area contributed by atoms with Crippen molar-refractivity contribution in [3.8, 4) is 0 Å². The predicted molar refractivity (Wildman–Crippen MR) is 64.8 cm³/mol. The third-order valence-electron chi connectivity index (χ3n) is 3.31. The molecule has 5 nitrogen and oxygen atoms in total. The van der Waals surface area contributed by atoms with Crippen LogP contribution < -0.4 is 5.32 Å². The third-order valence-corrected chi connectivity index (χ3v) is 3.31. The van der Waals surface area contributed by atoms with Gasteiger partial charge in [-0.1, -0.05) is 13.0 Å². The summed E-state index contributed by atoms with van der Waals surface area (Å²) in [6, 6.07) is 3.03. The molecule has 0 aromatic carbocycles. The van der Waals surface area contributed by atoms with E-state index in [0.717, 1.165) is 5.56 Å². The zero-order chi connectivity index (χ0) is 13.2. The van der Waals surface area contributed by atoms with Crippen LogP contribution in [0.4, 0.5) is 0 Å². The van der Waals surface area contributed by atoms with Crippen LogP contribution in [-0.4, -0.2) is 29.5 Å². The van der Waals surface area contributed by atoms with Gasteiger partial charge < -0.3 is 10.1 Å². The molecule has 1 aliphatic rings. The Labute approximate surface area is 106 Å². The van der Waals surface area contributed by atoms with Gasteiger partial charge in [0.15, 0.2) is 0 Å². The normalized spacial score (nSPS) is 26.8. The van der Waals surface area contributed by atoms with Gasteiger partial charge in [-0.25, -0.2) is 4.79 Å². The highest BCUT2D eigenvalue weighted by Gasteiger charge is 2.49. The second-order valence-electron chi connectivity index (χ2n) is 4.59. The lowest BCUT2D eigenvalue weighted by atomic mass is 9.76. The number of nitrogens with one attached hydrogen (secondary N) is 1. The SMILES string of the molecule is CCOC(=O)C1NC(=O)CC1(C)c1cccnc1. The molecule has 1 fully saturated rings. The number of carbonyl (C=O) groups excluding carboxylic acids is 2. The van der Waals surface area contributed by atoms with Gasteiger partial charge in [0.05, 0.1) is 6.61 Å². The van der Waals surface area contributed by atoms with Crippen molar-refractivity contribution in [1.82, 2.24) is 10.3 Å². The van der Waals surface area contributed by atoms with Crippen molar-refractivity contribution in [2.75, 3.05) is 6.61 Å². The molecule has 0 saturated carbocycles. The van der Waals surface area contributed by atoms with Crippen molar-refractivity contribution in [3.05, 3.63) is 30.1 Å². The Hall–Kier alpha value is -1.91. The van der Waals surface area contributed by atoms with Crippen LogP contribution in [-0.2, 0) is 19.7 Å². The van der Waals surface area contributed by atoms with Crippen LogP contribution in [0.5, 0.6) is 0 Å². The van der Waals surface area contributed by atoms with Gasteiger partial charge in [0.25, 0.3) is 0 Å². The van der Waals surface area contributed by atoms with E-state index >= 15 is 0 Å². The molecule has 0 aliphatic carbocycles. The number of aromatic nitrogens is 1. The topological polar surface area (TPSA) is 68.3 Å². The maximum atomic E-state index is 11.9. The maximum Gasteiger partial charge on any atom is 0.329 e. The number of nitrogens with zero attached hydrogens (tertiary/aromatic N) is 1. The Balaban J connectivity index is 2.34. The lowest BCUT2D eigenvalue weighted by Gasteiger charge is -2.28. The van der Waals surface area contributed by atoms with Gasteiger partial charge in [0.1, 0.15) is 6.04 Å². The standard InChI is InChI=1S/C13H16N2O3/c1-3-18-12(17)11-13(2,7-10(16)15-11)9-5-4-6-14-8-9/h4-6,8,11H,3,7H2,1-2H3,(H,15,16). The van der Waals surface area contributed by atoms with Gasteiger partial charge >= 0.3 is 5.97 Å². The molecule has 0 radical (unpaired) electrons. The van der Waals surface area contributed by atoms with E-state index in [0.29, 0.717) is 6.61 Å². The van der Waals surface area contributed by atoms with Crippen molar-refractivity contribution >= 4 is 11.9 Å². The average molecular weight is 248 g/mol. The van der Waals surface area contributed by atoms with E-state index < -0.39 is 17.4 Å². The first-order chi connectivity index (χ1) is 8.58. The molecule has 0 spiro atoms. The molecule has 1 aliphatic heterocycles. The average Bonchev–Trinajstić information content (AvgIpc) is 2.68. The highest BCUT2D eigenvalue weighted by molar-refractivity contribution is 5.91. The summed E-state index contributed by atoms with van der Waals surface area (Å²) in [5.74, 6) is -0.533. The van der Waals surface area contributed by atoms with Crippen LogP contribution in [0, 0.1) is 0 Å². The first-order valence-electron chi connectivity index (χ1n) is 5.94. The molecule has 1 N–H and O–H groups in total. The molecule has 2 unspecified atom stereocenters. The minimum atomic E-state index is -0.644. The smallest absolute Gasteiger partial charge is 0.329 e. The summed E-state index contributed by atoms with van der Waals surface area (Å²) < 4.78 is 5.02. The Bertz CT molecular complexity index is 461. The number of ether oxygens (including phenoxy) is 1. The summed E-state index contributed by atoms with van der Waals surface area (Å²) in [6.07, 6.45) is 3.62. The van der Waals surface area contributed by atoms with Gasteiger partial charge in [-0.3, -0.25) is 9.78 Å². The summed E-state index contributed by atoms with van der Waals surface area (Å²) in [4.78, 5) is 27.6. The molecule has 96 valence electrons. The van der Waals surface area contributed by atoms with Gasteiger partial charge in [-0.15, -0.1) is 0 Å². The summed E-state index contributed by atoms with van der Waals surface area (Å²) in [5.41, 5.74) is 0.263. The number of carbonyl (C=O) groups is 2. The summed E-state index contributed by atoms with van der Waals surface area (Å²) >= 11 is 0. The fraction of sp³-hybridized carbons (Fsp3) is 0.462. The lowest BCUT2D eigenvalue weighted by Crippen LogP contribution is -2.45. The van der Waals surface area contributed by atoms with Crippen molar-refractivity contribution in [2.45, 2.75) is 31.7 Å². The fourth-order valence-electron chi connectivity index (χ4n) is 2.32. The minimum absolute atomic E-state index is 0.139. The van der Waals surface area contributed by atoms with E-state index in [4.69, 9.17) is 4.74 Å². The number of hydrogen-bond acceptors (Lipinski definition) is 4. The highest BCUT2D eigenvalue weighted by atomic mass is 16.5. The Kier molecular flexibility index (Phi) is 3.32. The van der Waals surface area contributed by atoms with Crippen molar-refractivity contribution in [1.29, 1.82) is 0 Å². The second kappa shape index (κ2) is 4.76. The summed E-state index contributed by atoms with van der Waals surface area (Å²) in [6.45, 7) is 3.92. The van der Waals surface area contributed by atoms with E-state index in [-0.39, 0.29) is 12.3 Å². The van der Waals surface area contributed by atoms with Gasteiger partial charge in [-0.2, -0.15) is 0 Å². The fourth-order valence-corrected chi connectivity index (χ4v) is 2.32. The molecule has 5 heteroatoms. The third kappa shape index (κ3) is 2.08. The molecule has 1 aromatic rings. The molecule has 2 heterocycles. The molecule has 1 saturated heterocycles. The van der Waals surface area contributed by atoms with Gasteiger partial charge in [0, 0.05) is 24.2 Å². The van der Waals surface area contributed by atoms with Crippen LogP contribution in [0.3, 0.4) is 0 Å². The van der Waals surface area contributed by atoms with Crippen LogP contribution >= 0.6 is 0 Å². The maximum absolute atomic E-state index is 11.9. The number of esters is 1. The van der Waals surface area contributed by atoms with Gasteiger partial charge in [0.2, 0.25) is 5.91 Å². The summed E-state index contributed by atoms with van der Waals surface area (Å²) in [5, 5.41) is 2.69.